The molecule has 12 rings (SSSR count). The molecule has 4 saturated carbocycles. The van der Waals surface area contributed by atoms with Crippen LogP contribution in [-0.4, -0.2) is 102 Å². The van der Waals surface area contributed by atoms with Crippen molar-refractivity contribution in [3.63, 3.8) is 0 Å². The summed E-state index contributed by atoms with van der Waals surface area (Å²) in [6.45, 7) is 3.90. The summed E-state index contributed by atoms with van der Waals surface area (Å²) in [4.78, 5) is 106. The van der Waals surface area contributed by atoms with Gasteiger partial charge in [0, 0.05) is 52.2 Å². The predicted octanol–water partition coefficient (Wildman–Crippen LogP) is 16.0. The average molecular weight is 1500 g/mol. The maximum Gasteiger partial charge on any atom is 0.337 e. The number of amides is 1. The second-order valence-corrected chi connectivity index (χ2v) is 31.0. The van der Waals surface area contributed by atoms with Crippen LogP contribution in [0.15, 0.2) is 112 Å². The van der Waals surface area contributed by atoms with Crippen molar-refractivity contribution in [3.05, 3.63) is 144 Å². The number of fused-ring (bicyclic) bond motifs is 1. The van der Waals surface area contributed by atoms with Gasteiger partial charge in [-0.3, -0.25) is 33.3 Å². The zero-order valence-corrected chi connectivity index (χ0v) is 63.9. The number of carboxylic acids is 2. The Labute approximate surface area is 626 Å². The van der Waals surface area contributed by atoms with Crippen molar-refractivity contribution in [1.29, 1.82) is 0 Å². The molecule has 4 atom stereocenters. The number of aromatic nitrogens is 6. The van der Waals surface area contributed by atoms with Crippen molar-refractivity contribution in [1.82, 2.24) is 34.8 Å². The number of nitrogens with zero attached hydrogens (tertiary/aromatic N) is 6. The predicted molar refractivity (Wildman–Crippen MR) is 414 cm³/mol. The first-order valence-corrected chi connectivity index (χ1v) is 39.8. The van der Waals surface area contributed by atoms with E-state index in [1.807, 2.05) is 28.4 Å². The molecule has 3 aromatic carbocycles. The Bertz CT molecular complexity index is 3940. The molecule has 0 aliphatic heterocycles. The number of thiazole rings is 4. The number of hydrogen-bond acceptors (Lipinski definition) is 22. The highest BCUT2D eigenvalue weighted by molar-refractivity contribution is 7.13. The van der Waals surface area contributed by atoms with E-state index in [2.05, 4.69) is 37.2 Å². The third kappa shape index (κ3) is 26.9. The van der Waals surface area contributed by atoms with Crippen LogP contribution in [0.1, 0.15) is 210 Å². The van der Waals surface area contributed by atoms with E-state index in [1.54, 1.807) is 91.8 Å². The van der Waals surface area contributed by atoms with Crippen LogP contribution in [-0.2, 0) is 38.4 Å². The quantitative estimate of drug-likeness (QED) is 0.0289. The molecule has 4 unspecified atom stereocenters. The van der Waals surface area contributed by atoms with E-state index in [0.29, 0.717) is 81.6 Å². The molecule has 0 radical (unpaired) electrons. The fourth-order valence-electron chi connectivity index (χ4n) is 14.0. The Kier molecular flexibility index (Phi) is 35.3. The molecule has 5 heterocycles. The van der Waals surface area contributed by atoms with Gasteiger partial charge in [0.2, 0.25) is 0 Å². The molecular formula is C78H104N10O12S4. The molecular weight excluding hydrogens is 1400 g/mol. The third-order valence-corrected chi connectivity index (χ3v) is 22.6. The third-order valence-electron chi connectivity index (χ3n) is 19.7. The highest BCUT2D eigenvalue weighted by atomic mass is 32.1. The van der Waals surface area contributed by atoms with E-state index in [4.69, 9.17) is 41.6 Å². The number of carbonyl (C=O) groups excluding carboxylic acids is 4. The molecule has 0 bridgehead atoms. The van der Waals surface area contributed by atoms with Crippen LogP contribution in [0, 0.1) is 35.5 Å². The summed E-state index contributed by atoms with van der Waals surface area (Å²) >= 11 is 5.95. The van der Waals surface area contributed by atoms with Crippen LogP contribution in [0.3, 0.4) is 0 Å². The lowest BCUT2D eigenvalue weighted by molar-refractivity contribution is -0.141. The number of nitrogen functional groups attached to an aromatic ring is 3. The van der Waals surface area contributed by atoms with Crippen molar-refractivity contribution in [2.75, 3.05) is 38.5 Å². The lowest BCUT2D eigenvalue weighted by Gasteiger charge is -2.27. The van der Waals surface area contributed by atoms with E-state index < -0.39 is 24.0 Å². The largest absolute Gasteiger partial charge is 0.495 e. The van der Waals surface area contributed by atoms with Gasteiger partial charge in [-0.25, -0.2) is 29.7 Å². The Hall–Kier alpha value is -8.46. The molecule has 26 heteroatoms. The summed E-state index contributed by atoms with van der Waals surface area (Å²) in [6, 6.07) is 14.0. The van der Waals surface area contributed by atoms with Crippen molar-refractivity contribution in [2.45, 2.75) is 199 Å². The topological polar surface area (TPSA) is 347 Å². The molecule has 4 aliphatic carbocycles. The Morgan fingerprint density at radius 3 is 1.35 bits per heavy atom. The Morgan fingerprint density at radius 1 is 0.500 bits per heavy atom. The maximum atomic E-state index is 13.3. The highest BCUT2D eigenvalue weighted by Gasteiger charge is 2.31. The van der Waals surface area contributed by atoms with Gasteiger partial charge in [-0.05, 0) is 85.8 Å². The normalized spacial score (nSPS) is 16.0. The number of nitrogens with one attached hydrogen (secondary N) is 1. The van der Waals surface area contributed by atoms with Gasteiger partial charge in [-0.2, -0.15) is 0 Å². The summed E-state index contributed by atoms with van der Waals surface area (Å²) in [5, 5.41) is 31.4. The number of aromatic carboxylic acids is 1. The van der Waals surface area contributed by atoms with Crippen molar-refractivity contribution < 1.29 is 53.2 Å². The Morgan fingerprint density at radius 2 is 0.913 bits per heavy atom. The van der Waals surface area contributed by atoms with Gasteiger partial charge in [0.05, 0.1) is 108 Å². The van der Waals surface area contributed by atoms with Gasteiger partial charge < -0.3 is 46.9 Å². The number of Topliss-reactive ketones (excluding diaryl/α,β-unsaturated/α-hetero) is 3. The molecule has 9 N–H and O–H groups in total. The Balaban J connectivity index is 0.000000186. The highest BCUT2D eigenvalue weighted by Crippen LogP contribution is 2.35. The molecule has 1 amide bonds. The maximum absolute atomic E-state index is 13.3. The van der Waals surface area contributed by atoms with E-state index in [-0.39, 0.29) is 64.6 Å². The van der Waals surface area contributed by atoms with Crippen molar-refractivity contribution in [3.8, 4) is 17.2 Å². The van der Waals surface area contributed by atoms with Crippen LogP contribution in [0.4, 0.5) is 16.5 Å². The number of ketones is 3. The first-order chi connectivity index (χ1) is 50.3. The molecule has 4 fully saturated rings. The minimum absolute atomic E-state index is 0.00431. The summed E-state index contributed by atoms with van der Waals surface area (Å²) in [7, 11) is 4.51. The minimum atomic E-state index is -1.05. The lowest BCUT2D eigenvalue weighted by Crippen LogP contribution is -2.43. The molecule has 562 valence electrons. The van der Waals surface area contributed by atoms with Gasteiger partial charge in [0.1, 0.15) is 28.5 Å². The smallest absolute Gasteiger partial charge is 0.337 e. The number of nitrogens with two attached hydrogens (primary N) is 3. The first kappa shape index (κ1) is 82.8. The fraction of sp³-hybridized carbons (Fsp3) is 0.513. The van der Waals surface area contributed by atoms with Gasteiger partial charge in [0.25, 0.3) is 11.5 Å². The monoisotopic (exact) mass is 1500 g/mol. The number of rotatable bonds is 25. The van der Waals surface area contributed by atoms with E-state index in [1.165, 1.54) is 168 Å². The zero-order chi connectivity index (χ0) is 74.8. The fourth-order valence-corrected chi connectivity index (χ4v) is 16.2. The van der Waals surface area contributed by atoms with Crippen LogP contribution >= 0.6 is 45.3 Å². The number of para-hydroxylation sites is 3. The molecule has 8 aromatic rings. The van der Waals surface area contributed by atoms with Crippen LogP contribution in [0.2, 0.25) is 0 Å². The summed E-state index contributed by atoms with van der Waals surface area (Å²) < 4.78 is 16.9. The average Bonchev–Trinajstić information content (AvgIpc) is 0.819. The van der Waals surface area contributed by atoms with E-state index >= 15 is 0 Å². The standard InChI is InChI=1S/C22H25N3O3S.C21H27N3O3S.C14H21NOS.C10H18O2.C8H9NO3.C3H4N2S/c1-28-19-9-5-8-16-21(19)24-14-25(22(16)27)17(12-15-6-3-2-4-7-15)18(26)13-20-23-10-11-29-20;1-27-18-9-5-8-15(20(18)22)21(26)24-16(12-14-6-3-2-4-7-14)17(25)13-19-23-10-11-28-19;1-11(9-12-5-3-2-4-6-12)13(16)10-14-15-7-8-17-14;1-8(10(11)12)7-9-5-3-2-4-6-9;1-12-6-4-2-3-5(7(6)9)8(10)11;4-3-5-1-2-6-3/h5,8-11,14-15,17H,2-4,6-7,12-13H2,1H3;5,8-11,14,16H,2-4,6-7,12-13,22H2,1H3,(H,24,26);7-8,11-12H,2-6,9-10H2,1H3;8-9H,2-7H2,1H3,(H,11,12);2-4H,9H2,1H3,(H,10,11);1-2H,(H2,4,5). The number of benzene rings is 3. The number of anilines is 3. The molecule has 5 aromatic heterocycles. The summed E-state index contributed by atoms with van der Waals surface area (Å²) in [6.07, 6.45) is 37.6. The molecule has 0 spiro atoms. The van der Waals surface area contributed by atoms with Gasteiger partial charge in [-0.15, -0.1) is 45.3 Å². The van der Waals surface area contributed by atoms with E-state index in [9.17, 15) is 33.6 Å². The lowest BCUT2D eigenvalue weighted by atomic mass is 9.82. The SMILES string of the molecule is CC(CC1CCCCC1)C(=O)Cc1nccs1.CC(CC1CCCCC1)C(=O)O.COc1cccc(C(=O)NC(CC2CCCCC2)C(=O)Cc2nccs2)c1N.COc1cccc(C(=O)O)c1N.COc1cccc2c(=O)n(C(CC3CCCCC3)C(=O)Cc3nccs3)cnc12.Nc1nccs1. The van der Waals surface area contributed by atoms with Gasteiger partial charge in [-0.1, -0.05) is 160 Å². The van der Waals surface area contributed by atoms with Crippen LogP contribution in [0.5, 0.6) is 17.2 Å². The molecule has 0 saturated heterocycles. The second-order valence-electron chi connectivity index (χ2n) is 27.2. The number of carboxylic acid groups (broad SMARTS) is 2. The van der Waals surface area contributed by atoms with Gasteiger partial charge >= 0.3 is 11.9 Å². The molecule has 104 heavy (non-hydrogen) atoms. The number of aliphatic carboxylic acids is 1. The number of methoxy groups -OCH3 is 3. The molecule has 22 nitrogen and oxygen atoms in total. The number of carbonyl (C=O) groups is 6. The number of ether oxygens (including phenoxy) is 3. The van der Waals surface area contributed by atoms with Crippen LogP contribution in [0.25, 0.3) is 10.9 Å². The summed E-state index contributed by atoms with van der Waals surface area (Å²) in [5.41, 5.74) is 17.9. The zero-order valence-electron chi connectivity index (χ0n) is 60.6. The van der Waals surface area contributed by atoms with Crippen molar-refractivity contribution in [2.24, 2.45) is 35.5 Å². The van der Waals surface area contributed by atoms with Crippen LogP contribution < -0.4 is 42.3 Å². The van der Waals surface area contributed by atoms with Crippen molar-refractivity contribution >= 4 is 108 Å². The summed E-state index contributed by atoms with van der Waals surface area (Å²) in [5.74, 6) is 2.21. The minimum Gasteiger partial charge on any atom is -0.495 e. The second kappa shape index (κ2) is 44.4. The number of hydrogen-bond donors (Lipinski definition) is 6. The molecule has 4 aliphatic rings. The van der Waals surface area contributed by atoms with E-state index in [0.717, 1.165) is 59.5 Å². The first-order valence-electron chi connectivity index (χ1n) is 36.3. The van der Waals surface area contributed by atoms with Gasteiger partial charge in [0.15, 0.2) is 16.7 Å².